The van der Waals surface area contributed by atoms with Crippen molar-refractivity contribution >= 4 is 68.1 Å². The first-order valence-electron chi connectivity index (χ1n) is 20.8. The summed E-state index contributed by atoms with van der Waals surface area (Å²) in [4.78, 5) is 5.21. The van der Waals surface area contributed by atoms with Gasteiger partial charge in [-0.1, -0.05) is 153 Å². The van der Waals surface area contributed by atoms with Crippen LogP contribution in [-0.4, -0.2) is 6.85 Å². The molecule has 286 valence electrons. The Kier molecular flexibility index (Phi) is 7.99. The lowest BCUT2D eigenvalue weighted by Crippen LogP contribution is -2.62. The fourth-order valence-corrected chi connectivity index (χ4v) is 9.37. The Bertz CT molecular complexity index is 2900. The molecule has 0 unspecified atom stereocenters. The summed E-state index contributed by atoms with van der Waals surface area (Å²) in [5.41, 5.74) is 19.2. The maximum atomic E-state index is 6.73. The van der Waals surface area contributed by atoms with Gasteiger partial charge in [-0.15, -0.1) is 0 Å². The van der Waals surface area contributed by atoms with Crippen molar-refractivity contribution in [2.24, 2.45) is 0 Å². The third-order valence-corrected chi connectivity index (χ3v) is 12.5. The summed E-state index contributed by atoms with van der Waals surface area (Å²) in [5, 5.41) is 2.31. The Balaban J connectivity index is 1.39. The van der Waals surface area contributed by atoms with E-state index in [1.807, 2.05) is 0 Å². The molecule has 0 radical (unpaired) electrons. The summed E-state index contributed by atoms with van der Waals surface area (Å²) in [6.45, 7) is 20.7. The van der Waals surface area contributed by atoms with Crippen molar-refractivity contribution in [1.29, 1.82) is 0 Å². The molecule has 7 aromatic carbocycles. The number of benzene rings is 7. The smallest absolute Gasteiger partial charge is 0.333 e. The first-order valence-corrected chi connectivity index (χ1v) is 20.8. The molecule has 58 heavy (non-hydrogen) atoms. The van der Waals surface area contributed by atoms with Gasteiger partial charge in [0.15, 0.2) is 0 Å². The zero-order valence-electron chi connectivity index (χ0n) is 35.2. The van der Waals surface area contributed by atoms with Crippen LogP contribution >= 0.6 is 0 Å². The largest absolute Gasteiger partial charge is 0.456 e. The van der Waals surface area contributed by atoms with Gasteiger partial charge in [0.05, 0.1) is 5.69 Å². The highest BCUT2D eigenvalue weighted by Gasteiger charge is 2.47. The second-order valence-corrected chi connectivity index (χ2v) is 19.4. The van der Waals surface area contributed by atoms with Gasteiger partial charge in [-0.25, -0.2) is 0 Å². The average Bonchev–Trinajstić information content (AvgIpc) is 3.59. The third-order valence-electron chi connectivity index (χ3n) is 12.5. The van der Waals surface area contributed by atoms with Crippen LogP contribution in [0.1, 0.15) is 79.0 Å². The molecule has 0 aliphatic carbocycles. The number of hydrogen-bond acceptors (Lipinski definition) is 3. The van der Waals surface area contributed by atoms with E-state index in [1.165, 1.54) is 78.0 Å². The highest BCUT2D eigenvalue weighted by molar-refractivity contribution is 6.95. The lowest BCUT2D eigenvalue weighted by molar-refractivity contribution is 0.589. The van der Waals surface area contributed by atoms with Gasteiger partial charge < -0.3 is 14.1 Å². The van der Waals surface area contributed by atoms with Gasteiger partial charge in [0.25, 0.3) is 0 Å². The number of para-hydroxylation sites is 2. The van der Waals surface area contributed by atoms with Gasteiger partial charge in [0.1, 0.15) is 11.2 Å². The fraction of sp³-hybridized carbons (Fsp3) is 0.222. The third kappa shape index (κ3) is 5.63. The SMILES string of the molecule is CC(C)(C)c1ccc(N2B3c4c(cc(C(C)(C)C)cc4N(c4ccccc4-c4ccccc4)c4ccc5oc6ccccc6c5c43)-c3cc(C(C)(C)C)ccc32)cc1. The molecular formula is C54H51BN2O. The van der Waals surface area contributed by atoms with Crippen LogP contribution in [0.5, 0.6) is 0 Å². The summed E-state index contributed by atoms with van der Waals surface area (Å²) in [5.74, 6) is 0. The molecular weight excluding hydrogens is 703 g/mol. The summed E-state index contributed by atoms with van der Waals surface area (Å²) in [7, 11) is 0. The molecule has 0 bridgehead atoms. The zero-order valence-corrected chi connectivity index (χ0v) is 35.2. The minimum Gasteiger partial charge on any atom is -0.456 e. The second kappa shape index (κ2) is 12.8. The molecule has 0 spiro atoms. The van der Waals surface area contributed by atoms with Crippen molar-refractivity contribution in [3.05, 3.63) is 162 Å². The number of fused-ring (bicyclic) bond motifs is 8. The maximum Gasteiger partial charge on any atom is 0.333 e. The van der Waals surface area contributed by atoms with Crippen LogP contribution in [0.2, 0.25) is 0 Å². The van der Waals surface area contributed by atoms with E-state index in [1.54, 1.807) is 0 Å². The molecule has 2 aliphatic rings. The van der Waals surface area contributed by atoms with Crippen molar-refractivity contribution in [3.63, 3.8) is 0 Å². The van der Waals surface area contributed by atoms with Crippen molar-refractivity contribution in [2.45, 2.75) is 78.6 Å². The molecule has 0 saturated heterocycles. The van der Waals surface area contributed by atoms with E-state index >= 15 is 0 Å². The molecule has 8 aromatic rings. The standard InChI is InChI=1S/C54H51BN2O/c1-52(2,3)35-23-26-38(27-24-35)57-44-28-25-36(53(4,5)6)31-41(44)42-32-37(54(7,8)9)33-46-50(42)55(57)51-45(29-30-48-49(51)40-20-14-16-22-47(40)58-48)56(46)43-21-15-13-19-39(43)34-17-11-10-12-18-34/h10-33H,1-9H3. The zero-order chi connectivity index (χ0) is 40.3. The summed E-state index contributed by atoms with van der Waals surface area (Å²) >= 11 is 0. The highest BCUT2D eigenvalue weighted by atomic mass is 16.3. The quantitative estimate of drug-likeness (QED) is 0.168. The predicted octanol–water partition coefficient (Wildman–Crippen LogP) is 13.9. The van der Waals surface area contributed by atoms with E-state index in [2.05, 4.69) is 218 Å². The van der Waals surface area contributed by atoms with E-state index in [0.29, 0.717) is 0 Å². The fourth-order valence-electron chi connectivity index (χ4n) is 9.37. The van der Waals surface area contributed by atoms with E-state index < -0.39 is 0 Å². The molecule has 0 amide bonds. The Hall–Kier alpha value is -6.00. The van der Waals surface area contributed by atoms with Crippen molar-refractivity contribution in [1.82, 2.24) is 0 Å². The summed E-state index contributed by atoms with van der Waals surface area (Å²) in [6, 6.07) is 54.4. The number of rotatable bonds is 3. The molecule has 3 heterocycles. The van der Waals surface area contributed by atoms with Crippen LogP contribution in [0.15, 0.2) is 150 Å². The summed E-state index contributed by atoms with van der Waals surface area (Å²) < 4.78 is 6.73. The molecule has 1 aromatic heterocycles. The molecule has 0 atom stereocenters. The molecule has 0 fully saturated rings. The summed E-state index contributed by atoms with van der Waals surface area (Å²) in [6.07, 6.45) is 0. The Morgan fingerprint density at radius 2 is 1.05 bits per heavy atom. The van der Waals surface area contributed by atoms with Crippen molar-refractivity contribution < 1.29 is 4.42 Å². The molecule has 4 heteroatoms. The highest BCUT2D eigenvalue weighted by Crippen LogP contribution is 2.51. The number of hydrogen-bond donors (Lipinski definition) is 0. The lowest BCUT2D eigenvalue weighted by atomic mass is 9.42. The van der Waals surface area contributed by atoms with E-state index in [-0.39, 0.29) is 23.1 Å². The Morgan fingerprint density at radius 3 is 1.78 bits per heavy atom. The van der Waals surface area contributed by atoms with Crippen LogP contribution in [0, 0.1) is 0 Å². The van der Waals surface area contributed by atoms with Crippen LogP contribution < -0.4 is 20.6 Å². The van der Waals surface area contributed by atoms with E-state index in [4.69, 9.17) is 4.42 Å². The molecule has 10 rings (SSSR count). The average molecular weight is 755 g/mol. The number of furan rings is 1. The van der Waals surface area contributed by atoms with Gasteiger partial charge in [0, 0.05) is 44.6 Å². The number of nitrogens with zero attached hydrogens (tertiary/aromatic N) is 2. The van der Waals surface area contributed by atoms with Crippen molar-refractivity contribution in [2.75, 3.05) is 9.71 Å². The topological polar surface area (TPSA) is 19.6 Å². The Labute approximate surface area is 344 Å². The van der Waals surface area contributed by atoms with Gasteiger partial charge in [-0.05, 0) is 110 Å². The minimum atomic E-state index is -0.146. The van der Waals surface area contributed by atoms with Crippen LogP contribution in [0.25, 0.3) is 44.2 Å². The van der Waals surface area contributed by atoms with E-state index in [9.17, 15) is 0 Å². The molecule has 3 nitrogen and oxygen atoms in total. The minimum absolute atomic E-state index is 0.0259. The van der Waals surface area contributed by atoms with Crippen LogP contribution in [0.3, 0.4) is 0 Å². The maximum absolute atomic E-state index is 6.73. The van der Waals surface area contributed by atoms with Gasteiger partial charge in [-0.2, -0.15) is 0 Å². The van der Waals surface area contributed by atoms with Gasteiger partial charge >= 0.3 is 6.85 Å². The predicted molar refractivity (Wildman–Crippen MR) is 249 cm³/mol. The Morgan fingerprint density at radius 1 is 0.431 bits per heavy atom. The molecule has 2 aliphatic heterocycles. The van der Waals surface area contributed by atoms with Gasteiger partial charge in [-0.3, -0.25) is 0 Å². The number of anilines is 5. The van der Waals surface area contributed by atoms with E-state index in [0.717, 1.165) is 22.2 Å². The first-order chi connectivity index (χ1) is 27.7. The monoisotopic (exact) mass is 754 g/mol. The second-order valence-electron chi connectivity index (χ2n) is 19.4. The van der Waals surface area contributed by atoms with Crippen LogP contribution in [0.4, 0.5) is 28.4 Å². The van der Waals surface area contributed by atoms with Crippen LogP contribution in [-0.2, 0) is 16.2 Å². The normalized spacial score (nSPS) is 13.8. The van der Waals surface area contributed by atoms with Crippen molar-refractivity contribution in [3.8, 4) is 22.3 Å². The molecule has 0 N–H and O–H groups in total. The molecule has 0 saturated carbocycles. The van der Waals surface area contributed by atoms with Gasteiger partial charge in [0.2, 0.25) is 0 Å². The first kappa shape index (κ1) is 36.4. The lowest BCUT2D eigenvalue weighted by Gasteiger charge is -2.47.